The number of rotatable bonds is 17. The van der Waals surface area contributed by atoms with Crippen molar-refractivity contribution >= 4 is 17.7 Å². The van der Waals surface area contributed by atoms with Gasteiger partial charge in [-0.15, -0.1) is 0 Å². The van der Waals surface area contributed by atoms with Crippen LogP contribution < -0.4 is 5.32 Å². The van der Waals surface area contributed by atoms with E-state index in [1.165, 1.54) is 7.11 Å². The molecule has 0 aliphatic carbocycles. The van der Waals surface area contributed by atoms with Crippen molar-refractivity contribution in [3.05, 3.63) is 35.9 Å². The maximum atomic E-state index is 13.8. The molecule has 1 aromatic rings. The molecule has 10 nitrogen and oxygen atoms in total. The van der Waals surface area contributed by atoms with E-state index < -0.39 is 30.5 Å². The Morgan fingerprint density at radius 1 is 1.05 bits per heavy atom. The van der Waals surface area contributed by atoms with Gasteiger partial charge in [-0.1, -0.05) is 71.4 Å². The first-order valence-corrected chi connectivity index (χ1v) is 15.7. The molecule has 244 valence electrons. The number of aliphatic hydroxyl groups excluding tert-OH is 1. The summed E-state index contributed by atoms with van der Waals surface area (Å²) in [5.41, 5.74) is 0.865. The third-order valence-electron chi connectivity index (χ3n) is 8.87. The van der Waals surface area contributed by atoms with Crippen molar-refractivity contribution in [3.63, 3.8) is 0 Å². The molecule has 1 aliphatic heterocycles. The number of amides is 3. The summed E-state index contributed by atoms with van der Waals surface area (Å²) in [6.07, 6.45) is 0.246. The number of likely N-dealkylation sites (N-methyl/N-ethyl adjacent to an activating group) is 1. The lowest BCUT2D eigenvalue weighted by Crippen LogP contribution is -2.54. The minimum atomic E-state index is -1.74. The van der Waals surface area contributed by atoms with E-state index in [2.05, 4.69) is 19.2 Å². The van der Waals surface area contributed by atoms with Gasteiger partial charge in [0.05, 0.1) is 42.7 Å². The van der Waals surface area contributed by atoms with Crippen molar-refractivity contribution in [2.45, 2.75) is 110 Å². The van der Waals surface area contributed by atoms with Crippen LogP contribution in [0.4, 0.5) is 0 Å². The normalized spacial score (nSPS) is 19.5. The Kier molecular flexibility index (Phi) is 15.1. The minimum Gasteiger partial charge on any atom is -0.379 e. The lowest BCUT2D eigenvalue weighted by molar-refractivity contribution is -0.146. The number of carbonyl (C=O) groups is 3. The molecule has 1 saturated heterocycles. The molecule has 43 heavy (non-hydrogen) atoms. The molecule has 1 aliphatic rings. The Morgan fingerprint density at radius 2 is 1.70 bits per heavy atom. The van der Waals surface area contributed by atoms with Crippen molar-refractivity contribution in [2.75, 3.05) is 27.8 Å². The second-order valence-electron chi connectivity index (χ2n) is 12.5. The highest BCUT2D eigenvalue weighted by Gasteiger charge is 2.42. The smallest absolute Gasteiger partial charge is 0.225 e. The van der Waals surface area contributed by atoms with Crippen molar-refractivity contribution in [1.29, 1.82) is 0 Å². The summed E-state index contributed by atoms with van der Waals surface area (Å²) in [5.74, 6) is -0.765. The number of benzene rings is 1. The maximum absolute atomic E-state index is 13.8. The molecule has 10 heteroatoms. The van der Waals surface area contributed by atoms with Crippen LogP contribution in [-0.2, 0) is 30.3 Å². The average Bonchev–Trinajstić information content (AvgIpc) is 3.46. The Morgan fingerprint density at radius 3 is 2.23 bits per heavy atom. The number of carbonyl (C=O) groups excluding carboxylic acids is 3. The third kappa shape index (κ3) is 10.3. The number of nitrogens with one attached hydrogen (secondary N) is 1. The van der Waals surface area contributed by atoms with Crippen LogP contribution in [0.25, 0.3) is 0 Å². The molecule has 3 amide bonds. The molecule has 0 aromatic heterocycles. The van der Waals surface area contributed by atoms with E-state index in [0.717, 1.165) is 18.4 Å². The van der Waals surface area contributed by atoms with Gasteiger partial charge in [-0.05, 0) is 36.7 Å². The van der Waals surface area contributed by atoms with Crippen molar-refractivity contribution in [3.8, 4) is 0 Å². The molecule has 0 bridgehead atoms. The standard InChI is InChI=1S/C33H55N3O7/c1-9-22(4)30(35(6)28(37)18-21(2)3)27(42-7)20-29(38)36-17-13-16-26(36)31(43-8)23(5)32(39)34-25(33(40)41)19-24-14-11-10-12-15-24/h10-12,14-15,21-23,25-27,30-31,33,40-41H,9,13,16-20H2,1-8H3,(H,34,39)/t22-,23?,25?,26-,27+,30-,31?/m0/s1. The number of ether oxygens (including phenoxy) is 2. The molecule has 1 heterocycles. The van der Waals surface area contributed by atoms with Crippen LogP contribution in [0.3, 0.4) is 0 Å². The van der Waals surface area contributed by atoms with E-state index >= 15 is 0 Å². The Balaban J connectivity index is 2.17. The summed E-state index contributed by atoms with van der Waals surface area (Å²) in [6.45, 7) is 10.4. The summed E-state index contributed by atoms with van der Waals surface area (Å²) < 4.78 is 11.7. The van der Waals surface area contributed by atoms with Gasteiger partial charge < -0.3 is 34.8 Å². The molecule has 3 unspecified atom stereocenters. The lowest BCUT2D eigenvalue weighted by atomic mass is 9.90. The summed E-state index contributed by atoms with van der Waals surface area (Å²) in [5, 5.41) is 22.7. The van der Waals surface area contributed by atoms with Gasteiger partial charge in [-0.2, -0.15) is 0 Å². The fourth-order valence-electron chi connectivity index (χ4n) is 6.23. The van der Waals surface area contributed by atoms with Gasteiger partial charge in [0.15, 0.2) is 6.29 Å². The van der Waals surface area contributed by atoms with E-state index in [4.69, 9.17) is 9.47 Å². The zero-order valence-corrected chi connectivity index (χ0v) is 27.4. The summed E-state index contributed by atoms with van der Waals surface area (Å²) in [4.78, 5) is 43.7. The van der Waals surface area contributed by atoms with Gasteiger partial charge in [0.25, 0.3) is 0 Å². The van der Waals surface area contributed by atoms with Crippen LogP contribution in [0.5, 0.6) is 0 Å². The Bertz CT molecular complexity index is 1010. The highest BCUT2D eigenvalue weighted by Crippen LogP contribution is 2.29. The predicted molar refractivity (Wildman–Crippen MR) is 166 cm³/mol. The molecule has 1 fully saturated rings. The molecule has 0 radical (unpaired) electrons. The molecule has 1 aromatic carbocycles. The first-order chi connectivity index (χ1) is 20.4. The van der Waals surface area contributed by atoms with Gasteiger partial charge in [-0.3, -0.25) is 14.4 Å². The highest BCUT2D eigenvalue weighted by molar-refractivity contribution is 5.81. The Labute approximate surface area is 258 Å². The molecular weight excluding hydrogens is 550 g/mol. The van der Waals surface area contributed by atoms with Crippen LogP contribution in [0.15, 0.2) is 30.3 Å². The predicted octanol–water partition coefficient (Wildman–Crippen LogP) is 2.99. The fraction of sp³-hybridized carbons (Fsp3) is 0.727. The summed E-state index contributed by atoms with van der Waals surface area (Å²) in [7, 11) is 4.91. The Hall–Kier alpha value is -2.53. The molecule has 0 saturated carbocycles. The number of aliphatic hydroxyl groups is 2. The largest absolute Gasteiger partial charge is 0.379 e. The first kappa shape index (κ1) is 36.7. The van der Waals surface area contributed by atoms with Crippen LogP contribution in [-0.4, -0.2) is 102 Å². The third-order valence-corrected chi connectivity index (χ3v) is 8.87. The molecule has 2 rings (SSSR count). The summed E-state index contributed by atoms with van der Waals surface area (Å²) >= 11 is 0. The number of hydrogen-bond acceptors (Lipinski definition) is 7. The molecule has 7 atom stereocenters. The first-order valence-electron chi connectivity index (χ1n) is 15.7. The van der Waals surface area contributed by atoms with E-state index in [1.807, 2.05) is 44.2 Å². The lowest BCUT2D eigenvalue weighted by Gasteiger charge is -2.39. The number of nitrogens with zero attached hydrogens (tertiary/aromatic N) is 2. The van der Waals surface area contributed by atoms with Crippen molar-refractivity contribution in [1.82, 2.24) is 15.1 Å². The van der Waals surface area contributed by atoms with E-state index in [-0.39, 0.29) is 54.5 Å². The second kappa shape index (κ2) is 17.7. The van der Waals surface area contributed by atoms with Crippen LogP contribution in [0, 0.1) is 17.8 Å². The van der Waals surface area contributed by atoms with Gasteiger partial charge in [-0.25, -0.2) is 0 Å². The van der Waals surface area contributed by atoms with Crippen molar-refractivity contribution < 1.29 is 34.1 Å². The quantitative estimate of drug-likeness (QED) is 0.233. The topological polar surface area (TPSA) is 129 Å². The van der Waals surface area contributed by atoms with Crippen LogP contribution in [0.2, 0.25) is 0 Å². The number of hydrogen-bond donors (Lipinski definition) is 3. The summed E-state index contributed by atoms with van der Waals surface area (Å²) in [6, 6.07) is 7.82. The highest BCUT2D eigenvalue weighted by atomic mass is 16.5. The van der Waals surface area contributed by atoms with Crippen LogP contribution in [0.1, 0.15) is 72.3 Å². The van der Waals surface area contributed by atoms with Gasteiger partial charge in [0, 0.05) is 34.2 Å². The number of likely N-dealkylation sites (tertiary alicyclic amines) is 1. The zero-order chi connectivity index (χ0) is 32.3. The zero-order valence-electron chi connectivity index (χ0n) is 27.4. The van der Waals surface area contributed by atoms with E-state index in [0.29, 0.717) is 19.4 Å². The SMILES string of the molecule is CC[C@H](C)[C@@H]([C@@H](CC(=O)N1CCC[C@H]1C(OC)C(C)C(=O)NC(Cc1ccccc1)C(O)O)OC)N(C)C(=O)CC(C)C. The van der Waals surface area contributed by atoms with Crippen LogP contribution >= 0.6 is 0 Å². The maximum Gasteiger partial charge on any atom is 0.225 e. The number of methoxy groups -OCH3 is 2. The monoisotopic (exact) mass is 605 g/mol. The minimum absolute atomic E-state index is 0.0340. The second-order valence-corrected chi connectivity index (χ2v) is 12.5. The van der Waals surface area contributed by atoms with Gasteiger partial charge in [0.2, 0.25) is 17.7 Å². The van der Waals surface area contributed by atoms with E-state index in [9.17, 15) is 24.6 Å². The molecule has 3 N–H and O–H groups in total. The average molecular weight is 606 g/mol. The van der Waals surface area contributed by atoms with E-state index in [1.54, 1.807) is 30.9 Å². The molecular formula is C33H55N3O7. The van der Waals surface area contributed by atoms with Crippen molar-refractivity contribution in [2.24, 2.45) is 17.8 Å². The van der Waals surface area contributed by atoms with Gasteiger partial charge in [0.1, 0.15) is 0 Å². The fourth-order valence-corrected chi connectivity index (χ4v) is 6.23. The molecule has 0 spiro atoms. The van der Waals surface area contributed by atoms with Gasteiger partial charge >= 0.3 is 0 Å².